The normalized spacial score (nSPS) is 16.2. The molecule has 0 bridgehead atoms. The number of aryl methyl sites for hydroxylation is 2. The number of rotatable bonds is 4. The standard InChI is InChI=1S/C20H22N2O3/c1-13-7-10-16(20(21)24)18(11-13)25-12-19(23)22-14(2)8-9-15-5-3-4-6-17(15)22/h3-7,10-11,14H,8-9,12H2,1-2H3,(H2,21,24). The summed E-state index contributed by atoms with van der Waals surface area (Å²) in [5.74, 6) is -0.352. The average Bonchev–Trinajstić information content (AvgIpc) is 2.59. The fourth-order valence-electron chi connectivity index (χ4n) is 3.23. The molecule has 2 aromatic rings. The van der Waals surface area contributed by atoms with E-state index in [0.29, 0.717) is 5.75 Å². The number of nitrogens with zero attached hydrogens (tertiary/aromatic N) is 1. The fourth-order valence-corrected chi connectivity index (χ4v) is 3.23. The van der Waals surface area contributed by atoms with E-state index in [2.05, 4.69) is 0 Å². The lowest BCUT2D eigenvalue weighted by molar-refractivity contribution is -0.121. The number of fused-ring (bicyclic) bond motifs is 1. The maximum Gasteiger partial charge on any atom is 0.265 e. The number of para-hydroxylation sites is 1. The molecule has 0 saturated heterocycles. The zero-order valence-electron chi connectivity index (χ0n) is 14.5. The maximum atomic E-state index is 12.8. The minimum Gasteiger partial charge on any atom is -0.483 e. The molecule has 0 aliphatic carbocycles. The molecule has 0 fully saturated rings. The van der Waals surface area contributed by atoms with Gasteiger partial charge in [-0.25, -0.2) is 0 Å². The molecule has 5 heteroatoms. The Morgan fingerprint density at radius 1 is 1.24 bits per heavy atom. The van der Waals surface area contributed by atoms with Crippen molar-refractivity contribution in [3.8, 4) is 5.75 Å². The van der Waals surface area contributed by atoms with E-state index in [-0.39, 0.29) is 24.1 Å². The van der Waals surface area contributed by atoms with Gasteiger partial charge in [0, 0.05) is 11.7 Å². The summed E-state index contributed by atoms with van der Waals surface area (Å²) in [7, 11) is 0. The van der Waals surface area contributed by atoms with Crippen molar-refractivity contribution in [2.45, 2.75) is 32.7 Å². The molecule has 2 aromatic carbocycles. The van der Waals surface area contributed by atoms with Crippen LogP contribution < -0.4 is 15.4 Å². The van der Waals surface area contributed by atoms with Gasteiger partial charge in [-0.15, -0.1) is 0 Å². The number of hydrogen-bond donors (Lipinski definition) is 1. The molecule has 1 aliphatic heterocycles. The summed E-state index contributed by atoms with van der Waals surface area (Å²) < 4.78 is 5.67. The predicted molar refractivity (Wildman–Crippen MR) is 96.9 cm³/mol. The van der Waals surface area contributed by atoms with Crippen LogP contribution in [0.1, 0.15) is 34.8 Å². The van der Waals surface area contributed by atoms with Gasteiger partial charge in [-0.2, -0.15) is 0 Å². The number of amides is 2. The van der Waals surface area contributed by atoms with Crippen molar-refractivity contribution < 1.29 is 14.3 Å². The van der Waals surface area contributed by atoms with Crippen LogP contribution in [0.25, 0.3) is 0 Å². The molecule has 2 amide bonds. The summed E-state index contributed by atoms with van der Waals surface area (Å²) in [6.07, 6.45) is 1.88. The van der Waals surface area contributed by atoms with E-state index in [1.807, 2.05) is 38.1 Å². The lowest BCUT2D eigenvalue weighted by Crippen LogP contribution is -2.44. The molecule has 0 radical (unpaired) electrons. The summed E-state index contributed by atoms with van der Waals surface area (Å²) in [6, 6.07) is 13.2. The highest BCUT2D eigenvalue weighted by Gasteiger charge is 2.28. The number of carbonyl (C=O) groups is 2. The van der Waals surface area contributed by atoms with Gasteiger partial charge in [-0.05, 0) is 56.0 Å². The van der Waals surface area contributed by atoms with Crippen LogP contribution in [-0.4, -0.2) is 24.5 Å². The minimum absolute atomic E-state index is 0.110. The highest BCUT2D eigenvalue weighted by molar-refractivity contribution is 5.97. The van der Waals surface area contributed by atoms with Crippen LogP contribution in [0, 0.1) is 6.92 Å². The number of benzene rings is 2. The summed E-state index contributed by atoms with van der Waals surface area (Å²) in [6.45, 7) is 3.79. The average molecular weight is 338 g/mol. The van der Waals surface area contributed by atoms with Gasteiger partial charge >= 0.3 is 0 Å². The second-order valence-electron chi connectivity index (χ2n) is 6.43. The van der Waals surface area contributed by atoms with Crippen molar-refractivity contribution in [1.82, 2.24) is 0 Å². The topological polar surface area (TPSA) is 72.6 Å². The predicted octanol–water partition coefficient (Wildman–Crippen LogP) is 2.84. The second-order valence-corrected chi connectivity index (χ2v) is 6.43. The van der Waals surface area contributed by atoms with Crippen LogP contribution >= 0.6 is 0 Å². The SMILES string of the molecule is Cc1ccc(C(N)=O)c(OCC(=O)N2c3ccccc3CCC2C)c1. The Balaban J connectivity index is 1.80. The number of primary amides is 1. The fraction of sp³-hybridized carbons (Fsp3) is 0.300. The van der Waals surface area contributed by atoms with Crippen LogP contribution in [0.5, 0.6) is 5.75 Å². The Kier molecular flexibility index (Phi) is 4.74. The Labute approximate surface area is 147 Å². The van der Waals surface area contributed by atoms with Crippen molar-refractivity contribution in [2.75, 3.05) is 11.5 Å². The van der Waals surface area contributed by atoms with E-state index in [1.54, 1.807) is 23.1 Å². The number of carbonyl (C=O) groups excluding carboxylic acids is 2. The molecule has 3 rings (SSSR count). The van der Waals surface area contributed by atoms with E-state index < -0.39 is 5.91 Å². The van der Waals surface area contributed by atoms with Gasteiger partial charge in [0.15, 0.2) is 6.61 Å². The highest BCUT2D eigenvalue weighted by Crippen LogP contribution is 2.30. The van der Waals surface area contributed by atoms with Crippen molar-refractivity contribution in [3.05, 3.63) is 59.2 Å². The van der Waals surface area contributed by atoms with Gasteiger partial charge < -0.3 is 15.4 Å². The molecule has 130 valence electrons. The molecule has 0 aromatic heterocycles. The highest BCUT2D eigenvalue weighted by atomic mass is 16.5. The molecule has 5 nitrogen and oxygen atoms in total. The summed E-state index contributed by atoms with van der Waals surface area (Å²) in [4.78, 5) is 26.1. The largest absolute Gasteiger partial charge is 0.483 e. The van der Waals surface area contributed by atoms with Crippen molar-refractivity contribution in [2.24, 2.45) is 5.73 Å². The Hall–Kier alpha value is -2.82. The van der Waals surface area contributed by atoms with E-state index in [9.17, 15) is 9.59 Å². The third-order valence-corrected chi connectivity index (χ3v) is 4.55. The van der Waals surface area contributed by atoms with Gasteiger partial charge in [0.1, 0.15) is 5.75 Å². The molecule has 1 heterocycles. The molecular weight excluding hydrogens is 316 g/mol. The molecule has 2 N–H and O–H groups in total. The Bertz CT molecular complexity index is 816. The zero-order chi connectivity index (χ0) is 18.0. The number of nitrogens with two attached hydrogens (primary N) is 1. The molecule has 25 heavy (non-hydrogen) atoms. The first kappa shape index (κ1) is 17.0. The summed E-state index contributed by atoms with van der Waals surface area (Å²) in [5, 5.41) is 0. The van der Waals surface area contributed by atoms with Crippen molar-refractivity contribution >= 4 is 17.5 Å². The van der Waals surface area contributed by atoms with E-state index in [0.717, 1.165) is 24.1 Å². The smallest absolute Gasteiger partial charge is 0.265 e. The van der Waals surface area contributed by atoms with Crippen molar-refractivity contribution in [3.63, 3.8) is 0 Å². The first-order valence-corrected chi connectivity index (χ1v) is 8.40. The van der Waals surface area contributed by atoms with Gasteiger partial charge in [0.05, 0.1) is 5.56 Å². The molecule has 0 saturated carbocycles. The first-order valence-electron chi connectivity index (χ1n) is 8.40. The minimum atomic E-state index is -0.570. The van der Waals surface area contributed by atoms with Gasteiger partial charge in [-0.1, -0.05) is 24.3 Å². The second kappa shape index (κ2) is 6.97. The zero-order valence-corrected chi connectivity index (χ0v) is 14.5. The van der Waals surface area contributed by atoms with Gasteiger partial charge in [-0.3, -0.25) is 9.59 Å². The summed E-state index contributed by atoms with van der Waals surface area (Å²) >= 11 is 0. The van der Waals surface area contributed by atoms with Crippen LogP contribution in [0.15, 0.2) is 42.5 Å². The molecule has 1 aliphatic rings. The van der Waals surface area contributed by atoms with Crippen LogP contribution in [-0.2, 0) is 11.2 Å². The van der Waals surface area contributed by atoms with E-state index in [1.165, 1.54) is 5.56 Å². The molecule has 1 unspecified atom stereocenters. The van der Waals surface area contributed by atoms with Crippen LogP contribution in [0.2, 0.25) is 0 Å². The first-order chi connectivity index (χ1) is 12.0. The maximum absolute atomic E-state index is 12.8. The van der Waals surface area contributed by atoms with Gasteiger partial charge in [0.2, 0.25) is 0 Å². The number of hydrogen-bond acceptors (Lipinski definition) is 3. The van der Waals surface area contributed by atoms with Gasteiger partial charge in [0.25, 0.3) is 11.8 Å². The monoisotopic (exact) mass is 338 g/mol. The van der Waals surface area contributed by atoms with E-state index in [4.69, 9.17) is 10.5 Å². The lowest BCUT2D eigenvalue weighted by Gasteiger charge is -2.35. The third-order valence-electron chi connectivity index (χ3n) is 4.55. The Morgan fingerprint density at radius 3 is 2.76 bits per heavy atom. The van der Waals surface area contributed by atoms with Crippen molar-refractivity contribution in [1.29, 1.82) is 0 Å². The van der Waals surface area contributed by atoms with E-state index >= 15 is 0 Å². The van der Waals surface area contributed by atoms with Crippen LogP contribution in [0.4, 0.5) is 5.69 Å². The third kappa shape index (κ3) is 3.50. The van der Waals surface area contributed by atoms with Crippen LogP contribution in [0.3, 0.4) is 0 Å². The Morgan fingerprint density at radius 2 is 2.00 bits per heavy atom. The molecule has 0 spiro atoms. The number of anilines is 1. The lowest BCUT2D eigenvalue weighted by atomic mass is 9.96. The quantitative estimate of drug-likeness (QED) is 0.932. The summed E-state index contributed by atoms with van der Waals surface area (Å²) in [5.41, 5.74) is 8.71. The molecular formula is C20H22N2O3. The molecule has 1 atom stereocenters. The number of ether oxygens (including phenoxy) is 1.